The first-order valence-corrected chi connectivity index (χ1v) is 7.83. The minimum absolute atomic E-state index is 0.351. The second kappa shape index (κ2) is 6.48. The normalized spacial score (nSPS) is 10.9. The van der Waals surface area contributed by atoms with Crippen LogP contribution in [0.25, 0.3) is 33.9 Å². The molecular formula is C20H12F3N3. The van der Waals surface area contributed by atoms with Crippen molar-refractivity contribution < 1.29 is 13.2 Å². The Balaban J connectivity index is 1.90. The Bertz CT molecular complexity index is 1060. The Morgan fingerprint density at radius 1 is 0.692 bits per heavy atom. The Hall–Kier alpha value is -3.41. The summed E-state index contributed by atoms with van der Waals surface area (Å²) in [6.07, 6.45) is 3.28. The van der Waals surface area contributed by atoms with Crippen LogP contribution in [0.15, 0.2) is 67.0 Å². The van der Waals surface area contributed by atoms with Gasteiger partial charge in [0.2, 0.25) is 0 Å². The van der Waals surface area contributed by atoms with Crippen LogP contribution < -0.4 is 0 Å². The lowest BCUT2D eigenvalue weighted by atomic mass is 10.1. The van der Waals surface area contributed by atoms with E-state index in [1.54, 1.807) is 36.7 Å². The van der Waals surface area contributed by atoms with Crippen LogP contribution in [0.5, 0.6) is 0 Å². The van der Waals surface area contributed by atoms with Crippen LogP contribution in [0.4, 0.5) is 13.2 Å². The van der Waals surface area contributed by atoms with Crippen molar-refractivity contribution in [1.82, 2.24) is 15.0 Å². The van der Waals surface area contributed by atoms with Crippen molar-refractivity contribution in [2.45, 2.75) is 0 Å². The molecule has 26 heavy (non-hydrogen) atoms. The van der Waals surface area contributed by atoms with Gasteiger partial charge < -0.3 is 4.98 Å². The van der Waals surface area contributed by atoms with Crippen LogP contribution in [0.1, 0.15) is 0 Å². The molecular weight excluding hydrogens is 339 g/mol. The van der Waals surface area contributed by atoms with E-state index in [1.807, 2.05) is 0 Å². The lowest BCUT2D eigenvalue weighted by molar-refractivity contribution is 0.509. The molecule has 2 aromatic heterocycles. The highest BCUT2D eigenvalue weighted by atomic mass is 19.2. The van der Waals surface area contributed by atoms with Gasteiger partial charge in [-0.15, -0.1) is 0 Å². The number of pyridine rings is 1. The number of hydrogen-bond acceptors (Lipinski definition) is 2. The number of aromatic nitrogens is 3. The first kappa shape index (κ1) is 16.1. The van der Waals surface area contributed by atoms with Gasteiger partial charge in [-0.2, -0.15) is 0 Å². The molecule has 0 aliphatic carbocycles. The molecule has 4 aromatic rings. The molecule has 0 bridgehead atoms. The number of H-pyrrole nitrogens is 1. The molecule has 3 nitrogen and oxygen atoms in total. The van der Waals surface area contributed by atoms with Crippen molar-refractivity contribution in [3.8, 4) is 33.9 Å². The van der Waals surface area contributed by atoms with E-state index < -0.39 is 11.6 Å². The highest BCUT2D eigenvalue weighted by Crippen LogP contribution is 2.33. The topological polar surface area (TPSA) is 41.6 Å². The van der Waals surface area contributed by atoms with E-state index in [1.165, 1.54) is 18.2 Å². The van der Waals surface area contributed by atoms with Gasteiger partial charge >= 0.3 is 0 Å². The number of aromatic amines is 1. The number of rotatable bonds is 3. The van der Waals surface area contributed by atoms with E-state index in [2.05, 4.69) is 15.0 Å². The van der Waals surface area contributed by atoms with E-state index in [4.69, 9.17) is 0 Å². The monoisotopic (exact) mass is 351 g/mol. The fraction of sp³-hybridized carbons (Fsp3) is 0. The van der Waals surface area contributed by atoms with E-state index >= 15 is 0 Å². The van der Waals surface area contributed by atoms with E-state index in [0.717, 1.165) is 17.7 Å². The fourth-order valence-electron chi connectivity index (χ4n) is 2.70. The van der Waals surface area contributed by atoms with Gasteiger partial charge in [-0.1, -0.05) is 0 Å². The first-order valence-electron chi connectivity index (χ1n) is 7.83. The molecule has 0 spiro atoms. The minimum atomic E-state index is -0.951. The first-order chi connectivity index (χ1) is 12.6. The molecule has 0 saturated carbocycles. The van der Waals surface area contributed by atoms with Crippen molar-refractivity contribution in [2.24, 2.45) is 0 Å². The van der Waals surface area contributed by atoms with Crippen molar-refractivity contribution in [3.05, 3.63) is 84.4 Å². The van der Waals surface area contributed by atoms with Gasteiger partial charge in [0.1, 0.15) is 11.6 Å². The Morgan fingerprint density at radius 3 is 2.08 bits per heavy atom. The van der Waals surface area contributed by atoms with Crippen LogP contribution in [0.3, 0.4) is 0 Å². The third-order valence-electron chi connectivity index (χ3n) is 3.98. The Kier molecular flexibility index (Phi) is 4.01. The summed E-state index contributed by atoms with van der Waals surface area (Å²) in [5.74, 6) is -1.84. The number of imidazole rings is 1. The SMILES string of the molecule is Fc1ccc(-c2nc(-c3ccc(F)c(F)c3)[nH]c2-c2ccncc2)cc1. The Labute approximate surface area is 147 Å². The molecule has 2 aromatic carbocycles. The summed E-state index contributed by atoms with van der Waals surface area (Å²) in [6.45, 7) is 0. The van der Waals surface area contributed by atoms with Crippen molar-refractivity contribution in [3.63, 3.8) is 0 Å². The molecule has 0 aliphatic rings. The number of nitrogens with zero attached hydrogens (tertiary/aromatic N) is 2. The zero-order valence-corrected chi connectivity index (χ0v) is 13.4. The average molecular weight is 351 g/mol. The zero-order chi connectivity index (χ0) is 18.1. The molecule has 0 unspecified atom stereocenters. The van der Waals surface area contributed by atoms with Crippen LogP contribution in [0, 0.1) is 17.5 Å². The van der Waals surface area contributed by atoms with Gasteiger partial charge in [0.25, 0.3) is 0 Å². The molecule has 4 rings (SSSR count). The molecule has 0 aliphatic heterocycles. The standard InChI is InChI=1S/C20H12F3N3/c21-15-4-1-12(2-5-15)18-19(13-7-9-24-10-8-13)26-20(25-18)14-3-6-16(22)17(23)11-14/h1-11H,(H,25,26). The van der Waals surface area contributed by atoms with Crippen molar-refractivity contribution in [2.75, 3.05) is 0 Å². The summed E-state index contributed by atoms with van der Waals surface area (Å²) in [6, 6.07) is 13.1. The largest absolute Gasteiger partial charge is 0.337 e. The van der Waals surface area contributed by atoms with Gasteiger partial charge in [0, 0.05) is 29.1 Å². The van der Waals surface area contributed by atoms with Crippen LogP contribution in [-0.4, -0.2) is 15.0 Å². The molecule has 128 valence electrons. The lowest BCUT2D eigenvalue weighted by Gasteiger charge is -2.02. The molecule has 6 heteroatoms. The van der Waals surface area contributed by atoms with Gasteiger partial charge in [0.15, 0.2) is 11.6 Å². The van der Waals surface area contributed by atoms with Crippen molar-refractivity contribution in [1.29, 1.82) is 0 Å². The summed E-state index contributed by atoms with van der Waals surface area (Å²) in [5.41, 5.74) is 3.19. The lowest BCUT2D eigenvalue weighted by Crippen LogP contribution is -1.87. The van der Waals surface area contributed by atoms with Crippen LogP contribution >= 0.6 is 0 Å². The highest BCUT2D eigenvalue weighted by molar-refractivity contribution is 5.81. The fourth-order valence-corrected chi connectivity index (χ4v) is 2.70. The second-order valence-corrected chi connectivity index (χ2v) is 5.68. The summed E-state index contributed by atoms with van der Waals surface area (Å²) in [4.78, 5) is 11.7. The molecule has 0 atom stereocenters. The van der Waals surface area contributed by atoms with Gasteiger partial charge in [0.05, 0.1) is 11.4 Å². The van der Waals surface area contributed by atoms with E-state index in [0.29, 0.717) is 28.3 Å². The maximum atomic E-state index is 13.6. The molecule has 0 radical (unpaired) electrons. The van der Waals surface area contributed by atoms with E-state index in [9.17, 15) is 13.2 Å². The maximum absolute atomic E-state index is 13.6. The van der Waals surface area contributed by atoms with Gasteiger partial charge in [-0.25, -0.2) is 18.2 Å². The van der Waals surface area contributed by atoms with Gasteiger partial charge in [-0.3, -0.25) is 4.98 Å². The van der Waals surface area contributed by atoms with Crippen LogP contribution in [0.2, 0.25) is 0 Å². The molecule has 0 saturated heterocycles. The van der Waals surface area contributed by atoms with E-state index in [-0.39, 0.29) is 5.82 Å². The average Bonchev–Trinajstić information content (AvgIpc) is 3.11. The van der Waals surface area contributed by atoms with Crippen LogP contribution in [-0.2, 0) is 0 Å². The molecule has 0 amide bonds. The summed E-state index contributed by atoms with van der Waals surface area (Å²) < 4.78 is 40.1. The summed E-state index contributed by atoms with van der Waals surface area (Å²) >= 11 is 0. The third-order valence-corrected chi connectivity index (χ3v) is 3.98. The number of hydrogen-bond donors (Lipinski definition) is 1. The quantitative estimate of drug-likeness (QED) is 0.550. The predicted molar refractivity (Wildman–Crippen MR) is 92.6 cm³/mol. The smallest absolute Gasteiger partial charge is 0.159 e. The Morgan fingerprint density at radius 2 is 1.38 bits per heavy atom. The van der Waals surface area contributed by atoms with Crippen molar-refractivity contribution >= 4 is 0 Å². The second-order valence-electron chi connectivity index (χ2n) is 5.68. The zero-order valence-electron chi connectivity index (χ0n) is 13.4. The number of halogens is 3. The molecule has 1 N–H and O–H groups in total. The predicted octanol–water partition coefficient (Wildman–Crippen LogP) is 5.22. The maximum Gasteiger partial charge on any atom is 0.159 e. The van der Waals surface area contributed by atoms with Gasteiger partial charge in [-0.05, 0) is 54.6 Å². The molecule has 0 fully saturated rings. The molecule has 2 heterocycles. The number of nitrogens with one attached hydrogen (secondary N) is 1. The summed E-state index contributed by atoms with van der Waals surface area (Å²) in [7, 11) is 0. The third kappa shape index (κ3) is 2.97. The summed E-state index contributed by atoms with van der Waals surface area (Å²) in [5, 5.41) is 0. The minimum Gasteiger partial charge on any atom is -0.337 e. The highest BCUT2D eigenvalue weighted by Gasteiger charge is 2.16. The number of benzene rings is 2.